The minimum Gasteiger partial charge on any atom is -0.472 e. The maximum absolute atomic E-state index is 10.6. The molecule has 22 heavy (non-hydrogen) atoms. The first kappa shape index (κ1) is 13.9. The van der Waals surface area contributed by atoms with E-state index in [9.17, 15) is 4.79 Å². The number of hydrogen-bond donors (Lipinski definition) is 2. The van der Waals surface area contributed by atoms with Crippen molar-refractivity contribution < 1.29 is 14.6 Å². The molecular formula is C15H14N4O3. The van der Waals surface area contributed by atoms with Crippen molar-refractivity contribution in [2.24, 2.45) is 0 Å². The lowest BCUT2D eigenvalue weighted by atomic mass is 10.1. The Morgan fingerprint density at radius 1 is 1.36 bits per heavy atom. The second kappa shape index (κ2) is 5.72. The predicted octanol–water partition coefficient (Wildman–Crippen LogP) is 2.71. The molecule has 7 heteroatoms. The standard InChI is InChI=1S/C15H14N4O3/c1-10-3-2-4-11(7-10)9-22-14-6-5-13-16-12(17-15(20)21)8-19(13)18-14/h2-8,17H,9H2,1H3,(H,20,21). The van der Waals surface area contributed by atoms with Gasteiger partial charge < -0.3 is 9.84 Å². The van der Waals surface area contributed by atoms with E-state index < -0.39 is 6.09 Å². The van der Waals surface area contributed by atoms with E-state index in [4.69, 9.17) is 9.84 Å². The van der Waals surface area contributed by atoms with Crippen molar-refractivity contribution in [1.29, 1.82) is 0 Å². The third kappa shape index (κ3) is 3.14. The van der Waals surface area contributed by atoms with E-state index in [-0.39, 0.29) is 5.82 Å². The summed E-state index contributed by atoms with van der Waals surface area (Å²) in [6, 6.07) is 11.4. The molecule has 0 bridgehead atoms. The van der Waals surface area contributed by atoms with Crippen molar-refractivity contribution in [1.82, 2.24) is 14.6 Å². The van der Waals surface area contributed by atoms with Gasteiger partial charge in [-0.25, -0.2) is 14.3 Å². The fourth-order valence-electron chi connectivity index (χ4n) is 2.07. The van der Waals surface area contributed by atoms with Gasteiger partial charge in [0.05, 0.1) is 6.20 Å². The molecule has 0 saturated heterocycles. The van der Waals surface area contributed by atoms with Crippen molar-refractivity contribution in [3.8, 4) is 5.88 Å². The number of anilines is 1. The van der Waals surface area contributed by atoms with Crippen LogP contribution >= 0.6 is 0 Å². The summed E-state index contributed by atoms with van der Waals surface area (Å²) >= 11 is 0. The van der Waals surface area contributed by atoms with E-state index in [0.29, 0.717) is 18.1 Å². The van der Waals surface area contributed by atoms with E-state index in [1.807, 2.05) is 31.2 Å². The van der Waals surface area contributed by atoms with Gasteiger partial charge in [0.25, 0.3) is 0 Å². The minimum atomic E-state index is -1.17. The molecule has 0 aliphatic heterocycles. The van der Waals surface area contributed by atoms with Gasteiger partial charge in [-0.15, -0.1) is 5.10 Å². The van der Waals surface area contributed by atoms with Crippen molar-refractivity contribution >= 4 is 17.6 Å². The molecule has 1 aromatic carbocycles. The van der Waals surface area contributed by atoms with E-state index >= 15 is 0 Å². The van der Waals surface area contributed by atoms with Gasteiger partial charge in [0.2, 0.25) is 5.88 Å². The maximum Gasteiger partial charge on any atom is 0.410 e. The van der Waals surface area contributed by atoms with Crippen LogP contribution in [0.5, 0.6) is 5.88 Å². The number of imidazole rings is 1. The van der Waals surface area contributed by atoms with Crippen LogP contribution in [0.15, 0.2) is 42.6 Å². The third-order valence-electron chi connectivity index (χ3n) is 3.00. The number of hydrogen-bond acceptors (Lipinski definition) is 4. The van der Waals surface area contributed by atoms with Gasteiger partial charge in [-0.2, -0.15) is 0 Å². The number of nitrogens with zero attached hydrogens (tertiary/aromatic N) is 3. The average Bonchev–Trinajstić information content (AvgIpc) is 2.85. The molecule has 0 aliphatic carbocycles. The zero-order valence-electron chi connectivity index (χ0n) is 11.9. The van der Waals surface area contributed by atoms with Gasteiger partial charge >= 0.3 is 6.09 Å². The highest BCUT2D eigenvalue weighted by molar-refractivity contribution is 5.81. The monoisotopic (exact) mass is 298 g/mol. The molecule has 0 saturated carbocycles. The van der Waals surface area contributed by atoms with E-state index in [1.54, 1.807) is 12.1 Å². The van der Waals surface area contributed by atoms with Crippen LogP contribution in [0.25, 0.3) is 5.65 Å². The lowest BCUT2D eigenvalue weighted by Gasteiger charge is -2.06. The fourth-order valence-corrected chi connectivity index (χ4v) is 2.07. The van der Waals surface area contributed by atoms with Crippen molar-refractivity contribution in [2.45, 2.75) is 13.5 Å². The molecule has 0 spiro atoms. The molecule has 2 aromatic heterocycles. The largest absolute Gasteiger partial charge is 0.472 e. The number of ether oxygens (including phenoxy) is 1. The normalized spacial score (nSPS) is 10.6. The van der Waals surface area contributed by atoms with Crippen LogP contribution in [-0.4, -0.2) is 25.8 Å². The molecule has 2 heterocycles. The molecular weight excluding hydrogens is 284 g/mol. The van der Waals surface area contributed by atoms with E-state index in [2.05, 4.69) is 15.4 Å². The van der Waals surface area contributed by atoms with Crippen LogP contribution in [0, 0.1) is 6.92 Å². The van der Waals surface area contributed by atoms with Crippen LogP contribution in [0.3, 0.4) is 0 Å². The number of carboxylic acid groups (broad SMARTS) is 1. The summed E-state index contributed by atoms with van der Waals surface area (Å²) in [7, 11) is 0. The Kier molecular flexibility index (Phi) is 3.61. The fraction of sp³-hybridized carbons (Fsp3) is 0.133. The number of benzene rings is 1. The highest BCUT2D eigenvalue weighted by atomic mass is 16.5. The number of fused-ring (bicyclic) bond motifs is 1. The Hall–Kier alpha value is -3.09. The summed E-state index contributed by atoms with van der Waals surface area (Å²) in [6.07, 6.45) is 0.322. The highest BCUT2D eigenvalue weighted by Crippen LogP contribution is 2.14. The van der Waals surface area contributed by atoms with Crippen LogP contribution in [-0.2, 0) is 6.61 Å². The van der Waals surface area contributed by atoms with Crippen molar-refractivity contribution in [3.63, 3.8) is 0 Å². The first-order valence-corrected chi connectivity index (χ1v) is 6.65. The second-order valence-corrected chi connectivity index (χ2v) is 4.81. The van der Waals surface area contributed by atoms with Crippen LogP contribution in [0.1, 0.15) is 11.1 Å². The zero-order valence-corrected chi connectivity index (χ0v) is 11.9. The molecule has 1 amide bonds. The summed E-state index contributed by atoms with van der Waals surface area (Å²) in [5.41, 5.74) is 2.76. The molecule has 3 aromatic rings. The molecule has 0 aliphatic rings. The van der Waals surface area contributed by atoms with Gasteiger partial charge in [-0.05, 0) is 18.6 Å². The van der Waals surface area contributed by atoms with E-state index in [0.717, 1.165) is 5.56 Å². The topological polar surface area (TPSA) is 88.8 Å². The Morgan fingerprint density at radius 2 is 2.23 bits per heavy atom. The van der Waals surface area contributed by atoms with Crippen molar-refractivity contribution in [2.75, 3.05) is 5.32 Å². The third-order valence-corrected chi connectivity index (χ3v) is 3.00. The van der Waals surface area contributed by atoms with Gasteiger partial charge in [-0.3, -0.25) is 5.32 Å². The molecule has 2 N–H and O–H groups in total. The van der Waals surface area contributed by atoms with Gasteiger partial charge in [-0.1, -0.05) is 29.8 Å². The lowest BCUT2D eigenvalue weighted by molar-refractivity contribution is 0.209. The first-order valence-electron chi connectivity index (χ1n) is 6.65. The smallest absolute Gasteiger partial charge is 0.410 e. The number of carbonyl (C=O) groups is 1. The molecule has 112 valence electrons. The Labute approximate surface area is 126 Å². The van der Waals surface area contributed by atoms with Gasteiger partial charge in [0.1, 0.15) is 6.61 Å². The highest BCUT2D eigenvalue weighted by Gasteiger charge is 2.06. The molecule has 3 rings (SSSR count). The molecule has 0 radical (unpaired) electrons. The number of amides is 1. The van der Waals surface area contributed by atoms with Crippen LogP contribution in [0.4, 0.5) is 10.6 Å². The number of rotatable bonds is 4. The summed E-state index contributed by atoms with van der Waals surface area (Å²) in [5, 5.41) is 15.1. The Bertz CT molecular complexity index is 829. The SMILES string of the molecule is Cc1cccc(COc2ccc3nc(NC(=O)O)cn3n2)c1. The van der Waals surface area contributed by atoms with Crippen LogP contribution < -0.4 is 10.1 Å². The number of nitrogens with one attached hydrogen (secondary N) is 1. The zero-order chi connectivity index (χ0) is 15.5. The van der Waals surface area contributed by atoms with Gasteiger partial charge in [0, 0.05) is 6.07 Å². The quantitative estimate of drug-likeness (QED) is 0.773. The molecule has 7 nitrogen and oxygen atoms in total. The maximum atomic E-state index is 10.6. The Morgan fingerprint density at radius 3 is 3.00 bits per heavy atom. The summed E-state index contributed by atoms with van der Waals surface area (Å²) in [6.45, 7) is 2.44. The Balaban J connectivity index is 1.75. The predicted molar refractivity (Wildman–Crippen MR) is 80.1 cm³/mol. The van der Waals surface area contributed by atoms with Gasteiger partial charge in [0.15, 0.2) is 11.5 Å². The second-order valence-electron chi connectivity index (χ2n) is 4.81. The lowest BCUT2D eigenvalue weighted by Crippen LogP contribution is -2.07. The number of aromatic nitrogens is 3. The van der Waals surface area contributed by atoms with E-state index in [1.165, 1.54) is 16.3 Å². The van der Waals surface area contributed by atoms with Crippen molar-refractivity contribution in [3.05, 3.63) is 53.7 Å². The summed E-state index contributed by atoms with van der Waals surface area (Å²) < 4.78 is 7.12. The average molecular weight is 298 g/mol. The number of aryl methyl sites for hydroxylation is 1. The minimum absolute atomic E-state index is 0.218. The molecule has 0 atom stereocenters. The summed E-state index contributed by atoms with van der Waals surface area (Å²) in [5.74, 6) is 0.657. The van der Waals surface area contributed by atoms with Crippen LogP contribution in [0.2, 0.25) is 0 Å². The molecule has 0 unspecified atom stereocenters. The molecule has 0 fully saturated rings. The summed E-state index contributed by atoms with van der Waals surface area (Å²) in [4.78, 5) is 14.7. The first-order chi connectivity index (χ1) is 10.6.